The van der Waals surface area contributed by atoms with E-state index in [4.69, 9.17) is 0 Å². The number of hydrogen-bond donors (Lipinski definition) is 1. The van der Waals surface area contributed by atoms with Crippen LogP contribution in [0.1, 0.15) is 30.9 Å². The Hall–Kier alpha value is -2.87. The Kier molecular flexibility index (Phi) is 4.97. The van der Waals surface area contributed by atoms with Gasteiger partial charge in [-0.15, -0.1) is 4.40 Å². The Morgan fingerprint density at radius 1 is 1.13 bits per heavy atom. The molecule has 1 amide bonds. The summed E-state index contributed by atoms with van der Waals surface area (Å²) in [6.45, 7) is 5.35. The average Bonchev–Trinajstić information content (AvgIpc) is 3.32. The normalized spacial score (nSPS) is 19.7. The maximum absolute atomic E-state index is 12.9. The predicted octanol–water partition coefficient (Wildman–Crippen LogP) is 2.87. The number of hydrogen-bond acceptors (Lipinski definition) is 5. The zero-order valence-corrected chi connectivity index (χ0v) is 18.4. The van der Waals surface area contributed by atoms with Crippen molar-refractivity contribution in [2.24, 2.45) is 10.3 Å². The molecule has 2 aromatic rings. The molecule has 7 nitrogen and oxygen atoms in total. The van der Waals surface area contributed by atoms with E-state index in [0.717, 1.165) is 25.2 Å². The number of carbonyl (C=O) groups excluding carboxylic acids is 1. The molecule has 0 aliphatic carbocycles. The van der Waals surface area contributed by atoms with Gasteiger partial charge in [0, 0.05) is 49.0 Å². The molecule has 3 aliphatic rings. The summed E-state index contributed by atoms with van der Waals surface area (Å²) >= 11 is 0. The lowest BCUT2D eigenvalue weighted by Gasteiger charge is -2.32. The highest BCUT2D eigenvalue weighted by Gasteiger charge is 2.34. The van der Waals surface area contributed by atoms with Crippen molar-refractivity contribution in [3.8, 4) is 0 Å². The van der Waals surface area contributed by atoms with Gasteiger partial charge in [-0.05, 0) is 56.0 Å². The van der Waals surface area contributed by atoms with Gasteiger partial charge < -0.3 is 15.1 Å². The second kappa shape index (κ2) is 7.67. The lowest BCUT2D eigenvalue weighted by Crippen LogP contribution is -2.41. The van der Waals surface area contributed by atoms with E-state index in [-0.39, 0.29) is 16.7 Å². The number of amides is 1. The van der Waals surface area contributed by atoms with E-state index in [1.165, 1.54) is 11.3 Å². The Morgan fingerprint density at radius 2 is 1.90 bits per heavy atom. The monoisotopic (exact) mass is 438 g/mol. The number of nitrogens with zero attached hydrogens (tertiary/aromatic N) is 3. The molecule has 0 bridgehead atoms. The summed E-state index contributed by atoms with van der Waals surface area (Å²) in [6.07, 6.45) is 2.39. The van der Waals surface area contributed by atoms with Crippen LogP contribution in [0.15, 0.2) is 51.8 Å². The van der Waals surface area contributed by atoms with E-state index >= 15 is 0 Å². The van der Waals surface area contributed by atoms with Gasteiger partial charge in [-0.2, -0.15) is 8.42 Å². The van der Waals surface area contributed by atoms with Crippen molar-refractivity contribution in [2.45, 2.75) is 31.1 Å². The van der Waals surface area contributed by atoms with Gasteiger partial charge >= 0.3 is 0 Å². The molecular weight excluding hydrogens is 412 g/mol. The lowest BCUT2D eigenvalue weighted by atomic mass is 9.95. The summed E-state index contributed by atoms with van der Waals surface area (Å²) in [7, 11) is -3.62. The third-order valence-electron chi connectivity index (χ3n) is 6.50. The molecule has 1 saturated heterocycles. The molecular formula is C23H26N4O3S. The van der Waals surface area contributed by atoms with Gasteiger partial charge in [0.05, 0.1) is 0 Å². The van der Waals surface area contributed by atoms with E-state index in [0.29, 0.717) is 37.3 Å². The van der Waals surface area contributed by atoms with Gasteiger partial charge in [0.25, 0.3) is 10.0 Å². The zero-order valence-electron chi connectivity index (χ0n) is 17.5. The molecule has 0 atom stereocenters. The maximum atomic E-state index is 12.9. The number of likely N-dealkylation sites (N-methyl/N-ethyl adjacent to an activating group) is 1. The van der Waals surface area contributed by atoms with E-state index in [1.807, 2.05) is 17.0 Å². The minimum Gasteiger partial charge on any atom is -0.371 e. The molecule has 8 heteroatoms. The zero-order chi connectivity index (χ0) is 21.6. The number of anilines is 2. The highest BCUT2D eigenvalue weighted by molar-refractivity contribution is 7.90. The number of carbonyl (C=O) groups is 1. The van der Waals surface area contributed by atoms with Crippen molar-refractivity contribution < 1.29 is 13.2 Å². The van der Waals surface area contributed by atoms with Crippen molar-refractivity contribution in [1.29, 1.82) is 0 Å². The second-order valence-electron chi connectivity index (χ2n) is 8.31. The average molecular weight is 439 g/mol. The first-order chi connectivity index (χ1) is 15.0. The van der Waals surface area contributed by atoms with Crippen LogP contribution < -0.4 is 10.2 Å². The van der Waals surface area contributed by atoms with Gasteiger partial charge in [0.2, 0.25) is 5.91 Å². The molecule has 0 radical (unpaired) electrons. The topological polar surface area (TPSA) is 82.1 Å². The van der Waals surface area contributed by atoms with Crippen LogP contribution >= 0.6 is 0 Å². The van der Waals surface area contributed by atoms with Gasteiger partial charge in [-0.1, -0.05) is 18.2 Å². The van der Waals surface area contributed by atoms with Crippen LogP contribution in [0.25, 0.3) is 0 Å². The fraction of sp³-hybridized carbons (Fsp3) is 0.391. The van der Waals surface area contributed by atoms with Crippen LogP contribution in [0.2, 0.25) is 0 Å². The van der Waals surface area contributed by atoms with Crippen LogP contribution in [-0.4, -0.2) is 51.2 Å². The number of likely N-dealkylation sites (tertiary alicyclic amines) is 1. The molecule has 1 fully saturated rings. The van der Waals surface area contributed by atoms with Gasteiger partial charge in [-0.25, -0.2) is 0 Å². The summed E-state index contributed by atoms with van der Waals surface area (Å²) < 4.78 is 28.7. The first kappa shape index (κ1) is 20.1. The van der Waals surface area contributed by atoms with E-state index in [9.17, 15) is 13.2 Å². The number of benzene rings is 2. The van der Waals surface area contributed by atoms with E-state index in [1.54, 1.807) is 18.2 Å². The van der Waals surface area contributed by atoms with Crippen molar-refractivity contribution >= 4 is 33.1 Å². The number of rotatable bonds is 3. The van der Waals surface area contributed by atoms with Gasteiger partial charge in [0.1, 0.15) is 4.90 Å². The SMILES string of the molecule is CCN1CCc2ccc(NC(=O)C3CCN(C4=NS(=O)(=O)c5ccccc54)CC3)cc21. The summed E-state index contributed by atoms with van der Waals surface area (Å²) in [4.78, 5) is 17.5. The first-order valence-electron chi connectivity index (χ1n) is 10.8. The lowest BCUT2D eigenvalue weighted by molar-refractivity contribution is -0.120. The molecule has 3 heterocycles. The quantitative estimate of drug-likeness (QED) is 0.797. The van der Waals surface area contributed by atoms with Gasteiger partial charge in [-0.3, -0.25) is 4.79 Å². The van der Waals surface area contributed by atoms with Gasteiger partial charge in [0.15, 0.2) is 5.84 Å². The first-order valence-corrected chi connectivity index (χ1v) is 12.3. The fourth-order valence-corrected chi connectivity index (χ4v) is 5.99. The highest BCUT2D eigenvalue weighted by Crippen LogP contribution is 2.32. The number of sulfonamides is 1. The molecule has 0 aromatic heterocycles. The summed E-state index contributed by atoms with van der Waals surface area (Å²) in [6, 6.07) is 13.1. The maximum Gasteiger partial charge on any atom is 0.285 e. The largest absolute Gasteiger partial charge is 0.371 e. The standard InChI is InChI=1S/C23H26N4O3S/c1-2-26-12-9-16-7-8-18(15-20(16)26)24-23(28)17-10-13-27(14-11-17)22-19-5-3-4-6-21(19)31(29,30)25-22/h3-8,15,17H,2,9-14H2,1H3,(H,24,28). The Bertz CT molecular complexity index is 1170. The minimum absolute atomic E-state index is 0.0297. The van der Waals surface area contributed by atoms with E-state index < -0.39 is 10.0 Å². The molecule has 162 valence electrons. The van der Waals surface area contributed by atoms with Crippen LogP contribution in [0.3, 0.4) is 0 Å². The number of nitrogens with one attached hydrogen (secondary N) is 1. The molecule has 0 saturated carbocycles. The smallest absolute Gasteiger partial charge is 0.285 e. The summed E-state index contributed by atoms with van der Waals surface area (Å²) in [5, 5.41) is 3.09. The molecule has 3 aliphatic heterocycles. The minimum atomic E-state index is -3.62. The van der Waals surface area contributed by atoms with Crippen molar-refractivity contribution in [1.82, 2.24) is 4.90 Å². The Morgan fingerprint density at radius 3 is 2.68 bits per heavy atom. The van der Waals surface area contributed by atoms with Crippen LogP contribution in [0, 0.1) is 5.92 Å². The van der Waals surface area contributed by atoms with Crippen molar-refractivity contribution in [3.63, 3.8) is 0 Å². The molecule has 0 unspecified atom stereocenters. The number of fused-ring (bicyclic) bond motifs is 2. The molecule has 2 aromatic carbocycles. The number of piperidine rings is 1. The van der Waals surface area contributed by atoms with E-state index in [2.05, 4.69) is 33.7 Å². The van der Waals surface area contributed by atoms with Crippen molar-refractivity contribution in [2.75, 3.05) is 36.4 Å². The molecule has 31 heavy (non-hydrogen) atoms. The van der Waals surface area contributed by atoms with Crippen LogP contribution in [-0.2, 0) is 21.2 Å². The molecule has 0 spiro atoms. The Balaban J connectivity index is 1.24. The third kappa shape index (κ3) is 3.59. The van der Waals surface area contributed by atoms with Crippen LogP contribution in [0.5, 0.6) is 0 Å². The molecule has 5 rings (SSSR count). The Labute approximate surface area is 182 Å². The van der Waals surface area contributed by atoms with Crippen LogP contribution in [0.4, 0.5) is 11.4 Å². The summed E-state index contributed by atoms with van der Waals surface area (Å²) in [5.74, 6) is 0.440. The number of amidine groups is 1. The summed E-state index contributed by atoms with van der Waals surface area (Å²) in [5.41, 5.74) is 4.05. The highest BCUT2D eigenvalue weighted by atomic mass is 32.2. The van der Waals surface area contributed by atoms with Crippen molar-refractivity contribution in [3.05, 3.63) is 53.6 Å². The fourth-order valence-electron chi connectivity index (χ4n) is 4.77. The predicted molar refractivity (Wildman–Crippen MR) is 121 cm³/mol. The third-order valence-corrected chi connectivity index (χ3v) is 7.83. The molecule has 1 N–H and O–H groups in total. The second-order valence-corrected chi connectivity index (χ2v) is 9.88.